The summed E-state index contributed by atoms with van der Waals surface area (Å²) in [5.74, 6) is 0.727. The summed E-state index contributed by atoms with van der Waals surface area (Å²) in [6, 6.07) is 6.74. The molecule has 3 N–H and O–H groups in total. The van der Waals surface area contributed by atoms with E-state index in [-0.39, 0.29) is 36.4 Å². The fourth-order valence-corrected chi connectivity index (χ4v) is 3.22. The van der Waals surface area contributed by atoms with Crippen LogP contribution in [-0.2, 0) is 11.3 Å². The van der Waals surface area contributed by atoms with Crippen LogP contribution in [0.4, 0.5) is 0 Å². The Balaban J connectivity index is 0.00000338. The molecule has 6 heteroatoms. The van der Waals surface area contributed by atoms with Gasteiger partial charge in [-0.05, 0) is 44.7 Å². The average molecular weight is 472 g/mol. The summed E-state index contributed by atoms with van der Waals surface area (Å²) in [5.41, 5.74) is 3.71. The van der Waals surface area contributed by atoms with E-state index in [1.807, 2.05) is 6.92 Å². The lowest BCUT2D eigenvalue weighted by molar-refractivity contribution is -0.120. The van der Waals surface area contributed by atoms with Crippen LogP contribution in [0.5, 0.6) is 0 Å². The lowest BCUT2D eigenvalue weighted by Gasteiger charge is -2.23. The van der Waals surface area contributed by atoms with Crippen molar-refractivity contribution < 1.29 is 4.79 Å². The van der Waals surface area contributed by atoms with E-state index < -0.39 is 0 Å². The molecule has 1 aromatic rings. The second kappa shape index (κ2) is 12.1. The molecule has 0 spiro atoms. The zero-order chi connectivity index (χ0) is 18.1. The van der Waals surface area contributed by atoms with Crippen LogP contribution in [-0.4, -0.2) is 31.0 Å². The number of carbonyl (C=O) groups excluding carboxylic acids is 1. The van der Waals surface area contributed by atoms with Crippen molar-refractivity contribution in [2.45, 2.75) is 65.5 Å². The molecule has 0 aromatic heterocycles. The zero-order valence-corrected chi connectivity index (χ0v) is 18.6. The first-order valence-corrected chi connectivity index (χ1v) is 9.46. The maximum absolute atomic E-state index is 12.1. The number of hydrogen-bond acceptors (Lipinski definition) is 2. The molecule has 1 amide bonds. The molecule has 0 bridgehead atoms. The van der Waals surface area contributed by atoms with E-state index in [1.165, 1.54) is 36.0 Å². The van der Waals surface area contributed by atoms with Crippen molar-refractivity contribution >= 4 is 35.8 Å². The minimum atomic E-state index is 0. The van der Waals surface area contributed by atoms with Gasteiger partial charge in [-0.1, -0.05) is 43.0 Å². The van der Waals surface area contributed by atoms with Gasteiger partial charge in [0.2, 0.25) is 5.91 Å². The molecule has 0 aliphatic heterocycles. The van der Waals surface area contributed by atoms with E-state index in [0.717, 1.165) is 19.4 Å². The predicted octanol–water partition coefficient (Wildman–Crippen LogP) is 3.43. The highest BCUT2D eigenvalue weighted by Crippen LogP contribution is 2.17. The zero-order valence-electron chi connectivity index (χ0n) is 16.2. The van der Waals surface area contributed by atoms with E-state index in [4.69, 9.17) is 0 Å². The summed E-state index contributed by atoms with van der Waals surface area (Å²) in [5, 5.41) is 9.46. The first kappa shape index (κ1) is 22.7. The number of halogens is 1. The SMILES string of the molecule is CCNC(=NCc1ccc(C)cc1C)NCC(=O)NC1CCCCC1.I. The molecule has 1 fully saturated rings. The maximum atomic E-state index is 12.1. The third-order valence-corrected chi connectivity index (χ3v) is 4.64. The lowest BCUT2D eigenvalue weighted by atomic mass is 9.95. The number of aryl methyl sites for hydroxylation is 2. The molecule has 1 aliphatic rings. The van der Waals surface area contributed by atoms with Gasteiger partial charge < -0.3 is 16.0 Å². The number of hydrogen-bond donors (Lipinski definition) is 3. The molecule has 1 aliphatic carbocycles. The normalized spacial score (nSPS) is 15.1. The molecule has 0 saturated heterocycles. The van der Waals surface area contributed by atoms with Crippen LogP contribution in [0.2, 0.25) is 0 Å². The van der Waals surface area contributed by atoms with E-state index in [2.05, 4.69) is 53.0 Å². The smallest absolute Gasteiger partial charge is 0.239 e. The molecular formula is C20H33IN4O. The molecule has 1 saturated carbocycles. The number of nitrogens with zero attached hydrogens (tertiary/aromatic N) is 1. The van der Waals surface area contributed by atoms with Gasteiger partial charge >= 0.3 is 0 Å². The Kier molecular flexibility index (Phi) is 10.6. The van der Waals surface area contributed by atoms with Crippen molar-refractivity contribution in [1.82, 2.24) is 16.0 Å². The van der Waals surface area contributed by atoms with Crippen LogP contribution in [0.3, 0.4) is 0 Å². The monoisotopic (exact) mass is 472 g/mol. The second-order valence-electron chi connectivity index (χ2n) is 6.88. The summed E-state index contributed by atoms with van der Waals surface area (Å²) in [6.45, 7) is 7.85. The Morgan fingerprint density at radius 1 is 1.15 bits per heavy atom. The number of rotatable bonds is 6. The second-order valence-corrected chi connectivity index (χ2v) is 6.88. The van der Waals surface area contributed by atoms with Crippen LogP contribution in [0.25, 0.3) is 0 Å². The highest BCUT2D eigenvalue weighted by Gasteiger charge is 2.15. The standard InChI is InChI=1S/C20H32N4O.HI/c1-4-21-20(22-13-17-11-10-15(2)12-16(17)3)23-14-19(25)24-18-8-6-5-7-9-18;/h10-12,18H,4-9,13-14H2,1-3H3,(H,24,25)(H2,21,22,23);1H. The van der Waals surface area contributed by atoms with Crippen LogP contribution in [0.1, 0.15) is 55.7 Å². The Hall–Kier alpha value is -1.31. The van der Waals surface area contributed by atoms with Crippen molar-refractivity contribution in [1.29, 1.82) is 0 Å². The van der Waals surface area contributed by atoms with Gasteiger partial charge in [0, 0.05) is 12.6 Å². The molecule has 5 nitrogen and oxygen atoms in total. The van der Waals surface area contributed by atoms with Crippen molar-refractivity contribution in [3.05, 3.63) is 34.9 Å². The average Bonchev–Trinajstić information content (AvgIpc) is 2.59. The van der Waals surface area contributed by atoms with Crippen molar-refractivity contribution in [3.8, 4) is 0 Å². The minimum Gasteiger partial charge on any atom is -0.357 e. The maximum Gasteiger partial charge on any atom is 0.239 e. The van der Waals surface area contributed by atoms with E-state index >= 15 is 0 Å². The Morgan fingerprint density at radius 3 is 2.54 bits per heavy atom. The quantitative estimate of drug-likeness (QED) is 0.338. The van der Waals surface area contributed by atoms with Gasteiger partial charge in [-0.2, -0.15) is 0 Å². The van der Waals surface area contributed by atoms with E-state index in [1.54, 1.807) is 0 Å². The summed E-state index contributed by atoms with van der Waals surface area (Å²) in [7, 11) is 0. The van der Waals surface area contributed by atoms with Gasteiger partial charge in [0.05, 0.1) is 13.1 Å². The highest BCUT2D eigenvalue weighted by molar-refractivity contribution is 14.0. The number of nitrogens with one attached hydrogen (secondary N) is 3. The van der Waals surface area contributed by atoms with Crippen LogP contribution >= 0.6 is 24.0 Å². The number of benzene rings is 1. The lowest BCUT2D eigenvalue weighted by Crippen LogP contribution is -2.46. The fourth-order valence-electron chi connectivity index (χ4n) is 3.22. The Bertz CT molecular complexity index is 597. The first-order chi connectivity index (χ1) is 12.1. The van der Waals surface area contributed by atoms with Crippen LogP contribution in [0, 0.1) is 13.8 Å². The van der Waals surface area contributed by atoms with Gasteiger partial charge in [0.25, 0.3) is 0 Å². The third kappa shape index (κ3) is 7.93. The summed E-state index contributed by atoms with van der Waals surface area (Å²) >= 11 is 0. The van der Waals surface area contributed by atoms with Gasteiger partial charge in [-0.15, -0.1) is 24.0 Å². The number of guanidine groups is 1. The molecule has 1 aromatic carbocycles. The predicted molar refractivity (Wildman–Crippen MR) is 119 cm³/mol. The van der Waals surface area contributed by atoms with Gasteiger partial charge in [0.15, 0.2) is 5.96 Å². The molecule has 0 radical (unpaired) electrons. The fraction of sp³-hybridized carbons (Fsp3) is 0.600. The van der Waals surface area contributed by atoms with Crippen molar-refractivity contribution in [2.24, 2.45) is 4.99 Å². The highest BCUT2D eigenvalue weighted by atomic mass is 127. The summed E-state index contributed by atoms with van der Waals surface area (Å²) < 4.78 is 0. The van der Waals surface area contributed by atoms with Gasteiger partial charge in [0.1, 0.15) is 0 Å². The van der Waals surface area contributed by atoms with Gasteiger partial charge in [-0.3, -0.25) is 4.79 Å². The molecular weight excluding hydrogens is 439 g/mol. The van der Waals surface area contributed by atoms with E-state index in [0.29, 0.717) is 18.5 Å². The topological polar surface area (TPSA) is 65.5 Å². The summed E-state index contributed by atoms with van der Waals surface area (Å²) in [4.78, 5) is 16.7. The number of amides is 1. The summed E-state index contributed by atoms with van der Waals surface area (Å²) in [6.07, 6.45) is 5.94. The Morgan fingerprint density at radius 2 is 1.88 bits per heavy atom. The van der Waals surface area contributed by atoms with Crippen molar-refractivity contribution in [2.75, 3.05) is 13.1 Å². The largest absolute Gasteiger partial charge is 0.357 e. The molecule has 26 heavy (non-hydrogen) atoms. The molecule has 0 heterocycles. The molecule has 2 rings (SSSR count). The van der Waals surface area contributed by atoms with Crippen LogP contribution in [0.15, 0.2) is 23.2 Å². The number of carbonyl (C=O) groups is 1. The van der Waals surface area contributed by atoms with E-state index in [9.17, 15) is 4.79 Å². The van der Waals surface area contributed by atoms with Crippen molar-refractivity contribution in [3.63, 3.8) is 0 Å². The Labute approximate surface area is 174 Å². The number of aliphatic imine (C=N–C) groups is 1. The molecule has 146 valence electrons. The third-order valence-electron chi connectivity index (χ3n) is 4.64. The van der Waals surface area contributed by atoms with Gasteiger partial charge in [-0.25, -0.2) is 4.99 Å². The minimum absolute atomic E-state index is 0. The van der Waals surface area contributed by atoms with Crippen LogP contribution < -0.4 is 16.0 Å². The molecule has 0 unspecified atom stereocenters. The first-order valence-electron chi connectivity index (χ1n) is 9.46. The molecule has 0 atom stereocenters.